The van der Waals surface area contributed by atoms with Gasteiger partial charge in [-0.2, -0.15) is 0 Å². The second-order valence-corrected chi connectivity index (χ2v) is 4.71. The molecule has 2 aliphatic rings. The predicted octanol–water partition coefficient (Wildman–Crippen LogP) is 0.443. The summed E-state index contributed by atoms with van der Waals surface area (Å²) in [6.45, 7) is 4.67. The zero-order valence-electron chi connectivity index (χ0n) is 8.91. The van der Waals surface area contributed by atoms with Gasteiger partial charge in [0, 0.05) is 19.1 Å². The Morgan fingerprint density at radius 3 is 2.86 bits per heavy atom. The normalized spacial score (nSPS) is 29.4. The first-order chi connectivity index (χ1) is 6.88. The van der Waals surface area contributed by atoms with Crippen molar-refractivity contribution in [2.24, 2.45) is 5.92 Å². The monoisotopic (exact) mass is 198 g/mol. The molecule has 1 aliphatic carbocycles. The van der Waals surface area contributed by atoms with Crippen molar-refractivity contribution in [3.05, 3.63) is 0 Å². The van der Waals surface area contributed by atoms with Gasteiger partial charge < -0.3 is 10.4 Å². The van der Waals surface area contributed by atoms with E-state index in [1.165, 1.54) is 38.8 Å². The van der Waals surface area contributed by atoms with Gasteiger partial charge in [-0.15, -0.1) is 0 Å². The summed E-state index contributed by atoms with van der Waals surface area (Å²) in [6.07, 6.45) is 5.46. The van der Waals surface area contributed by atoms with Crippen molar-refractivity contribution in [2.75, 3.05) is 32.8 Å². The van der Waals surface area contributed by atoms with Crippen LogP contribution >= 0.6 is 0 Å². The van der Waals surface area contributed by atoms with E-state index in [0.717, 1.165) is 19.0 Å². The first kappa shape index (κ1) is 10.4. The van der Waals surface area contributed by atoms with Gasteiger partial charge in [0.05, 0.1) is 6.61 Å². The second-order valence-electron chi connectivity index (χ2n) is 4.71. The van der Waals surface area contributed by atoms with Crippen LogP contribution in [0.2, 0.25) is 0 Å². The van der Waals surface area contributed by atoms with Gasteiger partial charge in [0.1, 0.15) is 0 Å². The Kier molecular flexibility index (Phi) is 3.79. The van der Waals surface area contributed by atoms with Crippen LogP contribution in [0.25, 0.3) is 0 Å². The predicted molar refractivity (Wildman–Crippen MR) is 57.3 cm³/mol. The maximum atomic E-state index is 8.87. The molecule has 2 fully saturated rings. The fourth-order valence-electron chi connectivity index (χ4n) is 2.22. The summed E-state index contributed by atoms with van der Waals surface area (Å²) in [6, 6.07) is 0.677. The molecule has 0 amide bonds. The molecule has 2 rings (SSSR count). The van der Waals surface area contributed by atoms with Gasteiger partial charge in [0.15, 0.2) is 0 Å². The summed E-state index contributed by atoms with van der Waals surface area (Å²) < 4.78 is 0. The average Bonchev–Trinajstić information content (AvgIpc) is 2.99. The third-order valence-electron chi connectivity index (χ3n) is 3.31. The van der Waals surface area contributed by atoms with E-state index >= 15 is 0 Å². The Morgan fingerprint density at radius 1 is 1.29 bits per heavy atom. The lowest BCUT2D eigenvalue weighted by molar-refractivity contribution is 0.151. The number of hydrogen-bond donors (Lipinski definition) is 2. The molecule has 1 saturated carbocycles. The number of rotatable bonds is 5. The van der Waals surface area contributed by atoms with Crippen LogP contribution in [0.1, 0.15) is 25.7 Å². The molecule has 1 saturated heterocycles. The maximum Gasteiger partial charge on any atom is 0.0558 e. The molecule has 0 spiro atoms. The van der Waals surface area contributed by atoms with E-state index in [4.69, 9.17) is 5.11 Å². The lowest BCUT2D eigenvalue weighted by Crippen LogP contribution is -2.46. The Labute approximate surface area is 86.5 Å². The highest BCUT2D eigenvalue weighted by Crippen LogP contribution is 2.28. The van der Waals surface area contributed by atoms with Crippen molar-refractivity contribution in [2.45, 2.75) is 31.7 Å². The maximum absolute atomic E-state index is 8.87. The molecule has 0 aromatic heterocycles. The summed E-state index contributed by atoms with van der Waals surface area (Å²) in [5, 5.41) is 12.5. The minimum absolute atomic E-state index is 0.301. The first-order valence-corrected chi connectivity index (χ1v) is 5.95. The van der Waals surface area contributed by atoms with Gasteiger partial charge in [-0.3, -0.25) is 4.90 Å². The third kappa shape index (κ3) is 3.23. The molecule has 3 heteroatoms. The SMILES string of the molecule is OCCN1CCCC(NCC2CC2)C1. The molecule has 1 unspecified atom stereocenters. The van der Waals surface area contributed by atoms with Crippen LogP contribution in [-0.2, 0) is 0 Å². The average molecular weight is 198 g/mol. The van der Waals surface area contributed by atoms with Crippen LogP contribution in [-0.4, -0.2) is 48.8 Å². The molecule has 14 heavy (non-hydrogen) atoms. The van der Waals surface area contributed by atoms with E-state index < -0.39 is 0 Å². The molecular weight excluding hydrogens is 176 g/mol. The number of piperidine rings is 1. The lowest BCUT2D eigenvalue weighted by Gasteiger charge is -2.32. The molecule has 0 aromatic rings. The third-order valence-corrected chi connectivity index (χ3v) is 3.31. The highest BCUT2D eigenvalue weighted by Gasteiger charge is 2.24. The van der Waals surface area contributed by atoms with Crippen LogP contribution in [0, 0.1) is 5.92 Å². The number of β-amino-alcohol motifs (C(OH)–C–C–N with tert-alkyl or cyclic N) is 1. The Morgan fingerprint density at radius 2 is 2.14 bits per heavy atom. The van der Waals surface area contributed by atoms with Crippen molar-refractivity contribution >= 4 is 0 Å². The molecule has 82 valence electrons. The fourth-order valence-corrected chi connectivity index (χ4v) is 2.22. The summed E-state index contributed by atoms with van der Waals surface area (Å²) in [5.41, 5.74) is 0. The van der Waals surface area contributed by atoms with Gasteiger partial charge in [0.2, 0.25) is 0 Å². The first-order valence-electron chi connectivity index (χ1n) is 5.95. The van der Waals surface area contributed by atoms with Gasteiger partial charge >= 0.3 is 0 Å². The van der Waals surface area contributed by atoms with Crippen LogP contribution in [0.4, 0.5) is 0 Å². The molecule has 1 atom stereocenters. The summed E-state index contributed by atoms with van der Waals surface area (Å²) in [5.74, 6) is 0.975. The van der Waals surface area contributed by atoms with Crippen LogP contribution in [0.15, 0.2) is 0 Å². The second kappa shape index (κ2) is 5.10. The van der Waals surface area contributed by atoms with Crippen LogP contribution in [0.5, 0.6) is 0 Å². The Hall–Kier alpha value is -0.120. The van der Waals surface area contributed by atoms with E-state index in [2.05, 4.69) is 10.2 Å². The minimum Gasteiger partial charge on any atom is -0.395 e. The van der Waals surface area contributed by atoms with E-state index in [0.29, 0.717) is 12.6 Å². The number of aliphatic hydroxyl groups is 1. The standard InChI is InChI=1S/C11H22N2O/c14-7-6-13-5-1-2-11(9-13)12-8-10-3-4-10/h10-12,14H,1-9H2. The highest BCUT2D eigenvalue weighted by atomic mass is 16.3. The Bertz CT molecular complexity index is 169. The van der Waals surface area contributed by atoms with Gasteiger partial charge in [-0.05, 0) is 44.7 Å². The molecule has 0 aromatic carbocycles. The van der Waals surface area contributed by atoms with E-state index in [9.17, 15) is 0 Å². The summed E-state index contributed by atoms with van der Waals surface area (Å²) in [7, 11) is 0. The van der Waals surface area contributed by atoms with E-state index in [-0.39, 0.29) is 0 Å². The summed E-state index contributed by atoms with van der Waals surface area (Å²) >= 11 is 0. The van der Waals surface area contributed by atoms with Crippen molar-refractivity contribution in [1.82, 2.24) is 10.2 Å². The fraction of sp³-hybridized carbons (Fsp3) is 1.00. The molecule has 0 bridgehead atoms. The topological polar surface area (TPSA) is 35.5 Å². The molecule has 1 heterocycles. The Balaban J connectivity index is 1.64. The highest BCUT2D eigenvalue weighted by molar-refractivity contribution is 4.82. The van der Waals surface area contributed by atoms with E-state index in [1.54, 1.807) is 0 Å². The zero-order valence-corrected chi connectivity index (χ0v) is 8.91. The van der Waals surface area contributed by atoms with Crippen molar-refractivity contribution in [3.63, 3.8) is 0 Å². The largest absolute Gasteiger partial charge is 0.395 e. The molecule has 1 aliphatic heterocycles. The van der Waals surface area contributed by atoms with Crippen LogP contribution < -0.4 is 5.32 Å². The number of aliphatic hydroxyl groups excluding tert-OH is 1. The van der Waals surface area contributed by atoms with Crippen LogP contribution in [0.3, 0.4) is 0 Å². The minimum atomic E-state index is 0.301. The van der Waals surface area contributed by atoms with Crippen molar-refractivity contribution in [3.8, 4) is 0 Å². The van der Waals surface area contributed by atoms with Crippen molar-refractivity contribution < 1.29 is 5.11 Å². The van der Waals surface area contributed by atoms with E-state index in [1.807, 2.05) is 0 Å². The molecule has 3 nitrogen and oxygen atoms in total. The molecule has 0 radical (unpaired) electrons. The van der Waals surface area contributed by atoms with Gasteiger partial charge in [-0.1, -0.05) is 0 Å². The van der Waals surface area contributed by atoms with Crippen molar-refractivity contribution in [1.29, 1.82) is 0 Å². The smallest absolute Gasteiger partial charge is 0.0558 e. The number of likely N-dealkylation sites (tertiary alicyclic amines) is 1. The zero-order chi connectivity index (χ0) is 9.80. The number of hydrogen-bond acceptors (Lipinski definition) is 3. The van der Waals surface area contributed by atoms with Gasteiger partial charge in [0.25, 0.3) is 0 Å². The number of nitrogens with zero attached hydrogens (tertiary/aromatic N) is 1. The quantitative estimate of drug-likeness (QED) is 0.673. The molecule has 2 N–H and O–H groups in total. The number of nitrogens with one attached hydrogen (secondary N) is 1. The lowest BCUT2D eigenvalue weighted by atomic mass is 10.1. The summed E-state index contributed by atoms with van der Waals surface area (Å²) in [4.78, 5) is 2.37. The molecular formula is C11H22N2O. The van der Waals surface area contributed by atoms with Gasteiger partial charge in [-0.25, -0.2) is 0 Å².